The van der Waals surface area contributed by atoms with Gasteiger partial charge in [-0.2, -0.15) is 5.26 Å². The number of methoxy groups -OCH3 is 4. The molecule has 668 valence electrons. The molecular formula is C106H92Cl5N9O4S8. The Kier molecular flexibility index (Phi) is 30.6. The lowest BCUT2D eigenvalue weighted by Crippen LogP contribution is -2.38. The third-order valence-electron chi connectivity index (χ3n) is 24.4. The highest BCUT2D eigenvalue weighted by atomic mass is 35.5. The molecule has 4 aliphatic heterocycles. The van der Waals surface area contributed by atoms with Crippen LogP contribution in [0, 0.1) is 18.3 Å². The van der Waals surface area contributed by atoms with Gasteiger partial charge in [0.1, 0.15) is 40.3 Å². The lowest BCUT2D eigenvalue weighted by Gasteiger charge is -2.37. The Bertz CT molecular complexity index is 6690. The number of nitrogens with one attached hydrogen (secondary N) is 4. The minimum Gasteiger partial charge on any atom is -0.497 e. The lowest BCUT2D eigenvalue weighted by atomic mass is 9.93. The number of nitriles is 1. The van der Waals surface area contributed by atoms with E-state index in [9.17, 15) is 0 Å². The summed E-state index contributed by atoms with van der Waals surface area (Å²) in [4.78, 5) is 24.0. The molecule has 4 aromatic heterocycles. The maximum Gasteiger partial charge on any atom is 0.137 e. The van der Waals surface area contributed by atoms with Gasteiger partial charge in [0, 0.05) is 141 Å². The molecule has 132 heavy (non-hydrogen) atoms. The van der Waals surface area contributed by atoms with Gasteiger partial charge in [-0.05, 0) is 245 Å². The minimum atomic E-state index is -0.0261. The van der Waals surface area contributed by atoms with E-state index in [-0.39, 0.29) is 24.2 Å². The van der Waals surface area contributed by atoms with E-state index >= 15 is 0 Å². The second kappa shape index (κ2) is 43.1. The second-order valence-electron chi connectivity index (χ2n) is 32.4. The third kappa shape index (κ3) is 21.3. The van der Waals surface area contributed by atoms with Crippen LogP contribution in [-0.4, -0.2) is 111 Å². The summed E-state index contributed by atoms with van der Waals surface area (Å²) in [5.74, 6) is 6.64. The zero-order chi connectivity index (χ0) is 91.6. The van der Waals surface area contributed by atoms with Gasteiger partial charge < -0.3 is 58.5 Å². The number of hydrogen-bond donors (Lipinski definition) is 4. The number of fused-ring (bicyclic) bond motifs is 12. The molecule has 0 saturated heterocycles. The number of rotatable bonds is 16. The predicted octanol–water partition coefficient (Wildman–Crippen LogP) is 28.8. The molecule has 0 saturated carbocycles. The molecule has 0 radical (unpaired) electrons. The van der Waals surface area contributed by atoms with E-state index in [0.717, 1.165) is 179 Å². The number of nitrogens with zero attached hydrogens (tertiary/aromatic N) is 5. The minimum absolute atomic E-state index is 0.00366. The van der Waals surface area contributed by atoms with Crippen molar-refractivity contribution < 1.29 is 18.9 Å². The van der Waals surface area contributed by atoms with Crippen LogP contribution >= 0.6 is 154 Å². The molecule has 0 aliphatic carbocycles. The number of aromatic nitrogens is 4. The Morgan fingerprint density at radius 1 is 0.326 bits per heavy atom. The zero-order valence-electron chi connectivity index (χ0n) is 72.8. The van der Waals surface area contributed by atoms with Crippen molar-refractivity contribution in [2.75, 3.05) is 54.6 Å². The molecule has 0 fully saturated rings. The molecule has 13 nitrogen and oxygen atoms in total. The van der Waals surface area contributed by atoms with Crippen molar-refractivity contribution in [2.45, 2.75) is 79.8 Å². The fourth-order valence-electron chi connectivity index (χ4n) is 17.8. The number of aromatic amines is 4. The highest BCUT2D eigenvalue weighted by molar-refractivity contribution is 8.23. The van der Waals surface area contributed by atoms with E-state index < -0.39 is 0 Å². The zero-order valence-corrected chi connectivity index (χ0v) is 83.1. The van der Waals surface area contributed by atoms with Crippen LogP contribution in [0.25, 0.3) is 43.6 Å². The smallest absolute Gasteiger partial charge is 0.137 e. The van der Waals surface area contributed by atoms with Crippen LogP contribution < -0.4 is 18.9 Å². The molecule has 4 N–H and O–H groups in total. The SMILES string of the molecule is COc1ccc(C2c3[nH]c4ccc(Cl)cc4c3CCN2C(=S)SCc2ccc(C#N)cc2)cc1.COc1ccc(C2c3[nH]c4ccc(Cl)cc4c3CCN2C(=S)SCc2ccc(C)cc2)cc1.COc1ccc(C2c3[nH]c4ccc(Cl)cc4c3CCN2C(=S)SCc2ccc(Cl)cc2)cc1.COc1ccc(C2c3[nH]c4ccc(Cl)cc4c3CCN2C(=S)SCc2ccccc2)cc1. The number of thioether (sulfide) groups is 4. The van der Waals surface area contributed by atoms with Crippen LogP contribution in [0.4, 0.5) is 0 Å². The van der Waals surface area contributed by atoms with Gasteiger partial charge in [-0.15, -0.1) is 0 Å². The predicted molar refractivity (Wildman–Crippen MR) is 570 cm³/mol. The molecule has 0 bridgehead atoms. The number of H-pyrrole nitrogens is 4. The molecule has 12 aromatic carbocycles. The summed E-state index contributed by atoms with van der Waals surface area (Å²) in [6, 6.07) is 94.2. The van der Waals surface area contributed by atoms with Crippen molar-refractivity contribution in [1.29, 1.82) is 5.26 Å². The molecule has 20 rings (SSSR count). The number of aryl methyl sites for hydroxylation is 1. The van der Waals surface area contributed by atoms with Crippen LogP contribution in [0.15, 0.2) is 273 Å². The molecule has 4 aliphatic rings. The van der Waals surface area contributed by atoms with Gasteiger partial charge in [0.15, 0.2) is 0 Å². The summed E-state index contributed by atoms with van der Waals surface area (Å²) in [7, 11) is 6.75. The largest absolute Gasteiger partial charge is 0.497 e. The number of halogens is 5. The standard InChI is InChI=1S/C27H22ClN3OS2.C27H25ClN2OS2.C26H22Cl2N2OS2.C26H23ClN2OS2/c1-32-21-9-6-19(7-10-21)26-25-22(23-14-20(28)8-11-24(23)30-25)12-13-31(26)27(33)34-16-18-4-2-17(15-29)3-5-18;1-17-3-5-18(6-4-17)16-33-27(32)30-14-13-22-23-15-20(28)9-12-24(23)29-25(22)26(30)19-7-10-21(31-2)11-8-19;1-31-20-9-4-17(5-10-20)25-24-21(22-14-19(28)8-11-23(22)29-24)12-13-30(25)26(32)33-15-16-2-6-18(27)7-3-16;1-30-20-10-7-18(8-11-20)25-24-21(22-15-19(27)9-12-23(22)28-24)13-14-29(25)26(31)32-16-17-5-3-2-4-6-17/h2-11,14,26,30H,12-13,16H2,1H3;3-12,15,26,29H,13-14,16H2,1-2H3;2-11,14,25,29H,12-13,15H2,1H3;2-12,15,25,28H,13-14,16H2,1H3. The fourth-order valence-corrected chi connectivity index (χ4v) is 23.5. The van der Waals surface area contributed by atoms with Crippen LogP contribution in [0.1, 0.15) is 125 Å². The molecule has 8 heterocycles. The van der Waals surface area contributed by atoms with Gasteiger partial charge in [0.25, 0.3) is 0 Å². The molecular weight excluding hydrogens is 1900 g/mol. The maximum absolute atomic E-state index is 9.03. The van der Waals surface area contributed by atoms with Crippen LogP contribution in [0.2, 0.25) is 25.1 Å². The van der Waals surface area contributed by atoms with Crippen LogP contribution in [-0.2, 0) is 48.7 Å². The Labute approximate surface area is 832 Å². The molecule has 4 unspecified atom stereocenters. The van der Waals surface area contributed by atoms with E-state index in [0.29, 0.717) is 5.56 Å². The van der Waals surface area contributed by atoms with E-state index in [1.165, 1.54) is 99.8 Å². The lowest BCUT2D eigenvalue weighted by molar-refractivity contribution is 0.345. The van der Waals surface area contributed by atoms with E-state index in [4.69, 9.17) is 131 Å². The first kappa shape index (κ1) is 93.7. The third-order valence-corrected chi connectivity index (χ3v) is 31.8. The van der Waals surface area contributed by atoms with Gasteiger partial charge in [0.2, 0.25) is 0 Å². The number of ether oxygens (including phenoxy) is 4. The summed E-state index contributed by atoms with van der Waals surface area (Å²) in [5.41, 5.74) is 26.0. The average Bonchev–Trinajstić information content (AvgIpc) is 1.61. The van der Waals surface area contributed by atoms with Gasteiger partial charge in [-0.25, -0.2) is 0 Å². The highest BCUT2D eigenvalue weighted by Gasteiger charge is 2.39. The maximum atomic E-state index is 9.03. The van der Waals surface area contributed by atoms with Crippen molar-refractivity contribution in [3.8, 4) is 29.1 Å². The number of thiocarbonyl (C=S) groups is 4. The summed E-state index contributed by atoms with van der Waals surface area (Å²) in [6.07, 6.45) is 3.64. The quantitative estimate of drug-likeness (QED) is 0.0682. The van der Waals surface area contributed by atoms with Gasteiger partial charge in [0.05, 0.1) is 64.2 Å². The summed E-state index contributed by atoms with van der Waals surface area (Å²) < 4.78 is 25.1. The molecule has 0 spiro atoms. The Hall–Kier alpha value is -10.1. The Morgan fingerprint density at radius 3 is 0.826 bits per heavy atom. The van der Waals surface area contributed by atoms with E-state index in [1.807, 2.05) is 127 Å². The number of benzene rings is 12. The second-order valence-corrected chi connectivity index (χ2v) is 41.0. The van der Waals surface area contributed by atoms with Crippen molar-refractivity contribution in [3.63, 3.8) is 0 Å². The van der Waals surface area contributed by atoms with Crippen LogP contribution in [0.5, 0.6) is 23.0 Å². The summed E-state index contributed by atoms with van der Waals surface area (Å²) >= 11 is 62.0. The van der Waals surface area contributed by atoms with Gasteiger partial charge in [-0.1, -0.05) is 287 Å². The molecule has 0 amide bonds. The summed E-state index contributed by atoms with van der Waals surface area (Å²) in [5, 5.41) is 17.6. The average molecular weight is 1990 g/mol. The van der Waals surface area contributed by atoms with Gasteiger partial charge in [-0.3, -0.25) is 0 Å². The first-order valence-corrected chi connectivity index (χ1v) is 50.6. The summed E-state index contributed by atoms with van der Waals surface area (Å²) in [6.45, 7) is 5.50. The monoisotopic (exact) mass is 1990 g/mol. The van der Waals surface area contributed by atoms with Crippen LogP contribution in [0.3, 0.4) is 0 Å². The van der Waals surface area contributed by atoms with Crippen molar-refractivity contribution >= 4 is 215 Å². The Balaban J connectivity index is 0.000000123. The fraction of sp³-hybridized carbons (Fsp3) is 0.198. The topological polar surface area (TPSA) is 137 Å². The van der Waals surface area contributed by atoms with Crippen molar-refractivity contribution in [1.82, 2.24) is 39.5 Å². The van der Waals surface area contributed by atoms with E-state index in [2.05, 4.69) is 198 Å². The molecule has 16 aromatic rings. The van der Waals surface area contributed by atoms with Gasteiger partial charge >= 0.3 is 0 Å². The molecule has 4 atom stereocenters. The Morgan fingerprint density at radius 2 is 0.568 bits per heavy atom. The molecule has 26 heteroatoms. The van der Waals surface area contributed by atoms with Crippen molar-refractivity contribution in [2.24, 2.45) is 0 Å². The van der Waals surface area contributed by atoms with Crippen molar-refractivity contribution in [3.05, 3.63) is 399 Å². The first-order chi connectivity index (χ1) is 64.3. The highest BCUT2D eigenvalue weighted by Crippen LogP contribution is 2.47. The van der Waals surface area contributed by atoms with E-state index in [1.54, 1.807) is 75.5 Å². The number of hydrogen-bond acceptors (Lipinski definition) is 13. The normalized spacial score (nSPS) is 15.4. The first-order valence-electron chi connectivity index (χ1n) is 43.1.